The maximum Gasteiger partial charge on any atom is 0.211 e. The number of methoxy groups -OCH3 is 1. The third-order valence-electron chi connectivity index (χ3n) is 5.19. The van der Waals surface area contributed by atoms with Gasteiger partial charge in [-0.2, -0.15) is 4.31 Å². The van der Waals surface area contributed by atoms with Gasteiger partial charge in [-0.15, -0.1) is 5.10 Å². The topological polar surface area (TPSA) is 86.5 Å². The third kappa shape index (κ3) is 3.85. The molecule has 2 heterocycles. The van der Waals surface area contributed by atoms with E-state index in [1.807, 2.05) is 6.20 Å². The number of aromatic nitrogens is 3. The molecule has 1 aliphatic heterocycles. The smallest absolute Gasteiger partial charge is 0.211 e. The molecule has 1 aromatic carbocycles. The number of hydrogen-bond acceptors (Lipinski definition) is 6. The molecule has 0 amide bonds. The lowest BCUT2D eigenvalue weighted by Gasteiger charge is -2.30. The highest BCUT2D eigenvalue weighted by Crippen LogP contribution is 2.35. The SMILES string of the molecule is COc1cc2c(cc1-c1cn(C[C@H]3CN(S(C)(=O)=O)CCO3)nn1)CCC2. The second-order valence-electron chi connectivity index (χ2n) is 7.11. The summed E-state index contributed by atoms with van der Waals surface area (Å²) in [7, 11) is -1.55. The van der Waals surface area contributed by atoms with Crippen LogP contribution in [0.15, 0.2) is 18.3 Å². The molecule has 4 rings (SSSR count). The van der Waals surface area contributed by atoms with Crippen molar-refractivity contribution < 1.29 is 17.9 Å². The summed E-state index contributed by atoms with van der Waals surface area (Å²) >= 11 is 0. The zero-order valence-electron chi connectivity index (χ0n) is 15.6. The van der Waals surface area contributed by atoms with E-state index in [9.17, 15) is 8.42 Å². The van der Waals surface area contributed by atoms with Crippen LogP contribution >= 0.6 is 0 Å². The molecule has 0 bridgehead atoms. The van der Waals surface area contributed by atoms with Crippen LogP contribution < -0.4 is 4.74 Å². The normalized spacial score (nSPS) is 20.6. The molecular weight excluding hydrogens is 368 g/mol. The molecule has 2 aliphatic rings. The van der Waals surface area contributed by atoms with Crippen LogP contribution in [0.5, 0.6) is 5.75 Å². The summed E-state index contributed by atoms with van der Waals surface area (Å²) in [5.41, 5.74) is 4.38. The molecule has 0 spiro atoms. The number of benzene rings is 1. The fourth-order valence-corrected chi connectivity index (χ4v) is 4.64. The lowest BCUT2D eigenvalue weighted by atomic mass is 10.0. The van der Waals surface area contributed by atoms with Crippen molar-refractivity contribution in [1.29, 1.82) is 0 Å². The number of hydrogen-bond donors (Lipinski definition) is 0. The first kappa shape index (κ1) is 18.4. The third-order valence-corrected chi connectivity index (χ3v) is 6.46. The van der Waals surface area contributed by atoms with Crippen LogP contribution in [-0.4, -0.2) is 66.9 Å². The predicted octanol–water partition coefficient (Wildman–Crippen LogP) is 1.10. The van der Waals surface area contributed by atoms with Gasteiger partial charge in [0.25, 0.3) is 0 Å². The van der Waals surface area contributed by atoms with Crippen LogP contribution in [0.1, 0.15) is 17.5 Å². The highest BCUT2D eigenvalue weighted by Gasteiger charge is 2.27. The van der Waals surface area contributed by atoms with E-state index < -0.39 is 10.0 Å². The van der Waals surface area contributed by atoms with Crippen molar-refractivity contribution in [2.45, 2.75) is 31.9 Å². The highest BCUT2D eigenvalue weighted by molar-refractivity contribution is 7.88. The molecule has 9 heteroatoms. The van der Waals surface area contributed by atoms with Crippen LogP contribution in [0.2, 0.25) is 0 Å². The number of ether oxygens (including phenoxy) is 2. The van der Waals surface area contributed by atoms with Gasteiger partial charge in [-0.1, -0.05) is 5.21 Å². The standard InChI is InChI=1S/C18H24N4O4S/c1-25-18-9-14-5-3-4-13(14)8-16(18)17-12-21(20-19-17)10-15-11-22(6-7-26-15)27(2,23)24/h8-9,12,15H,3-7,10-11H2,1-2H3/t15-/m0/s1. The van der Waals surface area contributed by atoms with Gasteiger partial charge in [0.1, 0.15) is 11.4 Å². The fourth-order valence-electron chi connectivity index (χ4n) is 3.79. The Balaban J connectivity index is 1.53. The summed E-state index contributed by atoms with van der Waals surface area (Å²) in [5.74, 6) is 0.805. The van der Waals surface area contributed by atoms with Crippen molar-refractivity contribution in [2.24, 2.45) is 0 Å². The predicted molar refractivity (Wildman–Crippen MR) is 100 cm³/mol. The number of morpholine rings is 1. The number of nitrogens with zero attached hydrogens (tertiary/aromatic N) is 4. The lowest BCUT2D eigenvalue weighted by Crippen LogP contribution is -2.46. The van der Waals surface area contributed by atoms with Gasteiger partial charge in [0.15, 0.2) is 0 Å². The zero-order chi connectivity index (χ0) is 19.0. The van der Waals surface area contributed by atoms with Crippen molar-refractivity contribution >= 4 is 10.0 Å². The minimum atomic E-state index is -3.21. The number of fused-ring (bicyclic) bond motifs is 1. The number of sulfonamides is 1. The lowest BCUT2D eigenvalue weighted by molar-refractivity contribution is -0.0120. The molecule has 1 aromatic heterocycles. The van der Waals surface area contributed by atoms with E-state index >= 15 is 0 Å². The first-order valence-corrected chi connectivity index (χ1v) is 11.0. The monoisotopic (exact) mass is 392 g/mol. The quantitative estimate of drug-likeness (QED) is 0.757. The average molecular weight is 392 g/mol. The first-order chi connectivity index (χ1) is 12.9. The summed E-state index contributed by atoms with van der Waals surface area (Å²) in [5, 5.41) is 8.51. The van der Waals surface area contributed by atoms with Gasteiger partial charge >= 0.3 is 0 Å². The molecule has 146 valence electrons. The minimum Gasteiger partial charge on any atom is -0.496 e. The van der Waals surface area contributed by atoms with Crippen LogP contribution in [0.4, 0.5) is 0 Å². The van der Waals surface area contributed by atoms with Gasteiger partial charge in [0, 0.05) is 18.7 Å². The van der Waals surface area contributed by atoms with Gasteiger partial charge < -0.3 is 9.47 Å². The second-order valence-corrected chi connectivity index (χ2v) is 9.10. The van der Waals surface area contributed by atoms with Gasteiger partial charge in [-0.3, -0.25) is 0 Å². The summed E-state index contributed by atoms with van der Waals surface area (Å²) < 4.78 is 37.9. The van der Waals surface area contributed by atoms with Crippen molar-refractivity contribution in [1.82, 2.24) is 19.3 Å². The first-order valence-electron chi connectivity index (χ1n) is 9.11. The second kappa shape index (κ2) is 7.21. The van der Waals surface area contributed by atoms with Crippen LogP contribution in [0.25, 0.3) is 11.3 Å². The molecule has 1 atom stereocenters. The molecule has 1 aliphatic carbocycles. The van der Waals surface area contributed by atoms with Crippen LogP contribution in [0, 0.1) is 0 Å². The molecule has 1 fully saturated rings. The van der Waals surface area contributed by atoms with Gasteiger partial charge in [0.05, 0.1) is 38.8 Å². The van der Waals surface area contributed by atoms with Gasteiger partial charge in [-0.25, -0.2) is 13.1 Å². The Morgan fingerprint density at radius 3 is 2.81 bits per heavy atom. The summed E-state index contributed by atoms with van der Waals surface area (Å²) in [6.45, 7) is 1.56. The van der Waals surface area contributed by atoms with Crippen LogP contribution in [0.3, 0.4) is 0 Å². The van der Waals surface area contributed by atoms with E-state index in [1.165, 1.54) is 28.1 Å². The van der Waals surface area contributed by atoms with E-state index in [0.717, 1.165) is 29.8 Å². The molecule has 0 N–H and O–H groups in total. The number of rotatable bonds is 5. The molecule has 0 radical (unpaired) electrons. The van der Waals surface area contributed by atoms with Crippen molar-refractivity contribution in [3.8, 4) is 17.0 Å². The summed E-state index contributed by atoms with van der Waals surface area (Å²) in [6.07, 6.45) is 6.19. The van der Waals surface area contributed by atoms with E-state index in [2.05, 4.69) is 22.4 Å². The fraction of sp³-hybridized carbons (Fsp3) is 0.556. The van der Waals surface area contributed by atoms with E-state index in [0.29, 0.717) is 26.2 Å². The van der Waals surface area contributed by atoms with Gasteiger partial charge in [0.2, 0.25) is 10.0 Å². The molecule has 0 unspecified atom stereocenters. The minimum absolute atomic E-state index is 0.245. The molecule has 27 heavy (non-hydrogen) atoms. The van der Waals surface area contributed by atoms with E-state index in [-0.39, 0.29) is 6.10 Å². The Morgan fingerprint density at radius 2 is 2.07 bits per heavy atom. The molecule has 8 nitrogen and oxygen atoms in total. The van der Waals surface area contributed by atoms with Crippen molar-refractivity contribution in [2.75, 3.05) is 33.1 Å². The largest absolute Gasteiger partial charge is 0.496 e. The summed E-state index contributed by atoms with van der Waals surface area (Å²) in [6, 6.07) is 4.25. The summed E-state index contributed by atoms with van der Waals surface area (Å²) in [4.78, 5) is 0. The zero-order valence-corrected chi connectivity index (χ0v) is 16.4. The number of aryl methyl sites for hydroxylation is 2. The molecule has 2 aromatic rings. The van der Waals surface area contributed by atoms with Crippen molar-refractivity contribution in [3.05, 3.63) is 29.5 Å². The molecule has 1 saturated heterocycles. The Morgan fingerprint density at radius 1 is 1.30 bits per heavy atom. The molecule has 0 saturated carbocycles. The highest BCUT2D eigenvalue weighted by atomic mass is 32.2. The Labute approximate surface area is 159 Å². The van der Waals surface area contributed by atoms with E-state index in [1.54, 1.807) is 11.8 Å². The van der Waals surface area contributed by atoms with Crippen molar-refractivity contribution in [3.63, 3.8) is 0 Å². The van der Waals surface area contributed by atoms with E-state index in [4.69, 9.17) is 9.47 Å². The average Bonchev–Trinajstić information content (AvgIpc) is 3.28. The van der Waals surface area contributed by atoms with Crippen LogP contribution in [-0.2, 0) is 34.1 Å². The maximum absolute atomic E-state index is 11.8. The molecular formula is C18H24N4O4S. The van der Waals surface area contributed by atoms with Gasteiger partial charge in [-0.05, 0) is 42.5 Å². The Bertz CT molecular complexity index is 941. The Hall–Kier alpha value is -1.97. The maximum atomic E-state index is 11.8. The Kier molecular flexibility index (Phi) is 4.92.